The third-order valence-corrected chi connectivity index (χ3v) is 4.39. The Morgan fingerprint density at radius 1 is 1.33 bits per heavy atom. The predicted molar refractivity (Wildman–Crippen MR) is 79.5 cm³/mol. The lowest BCUT2D eigenvalue weighted by Crippen LogP contribution is -2.45. The van der Waals surface area contributed by atoms with Gasteiger partial charge in [0.15, 0.2) is 0 Å². The van der Waals surface area contributed by atoms with Crippen LogP contribution < -0.4 is 0 Å². The first-order valence-electron chi connectivity index (χ1n) is 7.47. The highest BCUT2D eigenvalue weighted by atomic mass is 16.4. The molecule has 0 spiro atoms. The van der Waals surface area contributed by atoms with Gasteiger partial charge in [-0.3, -0.25) is 19.3 Å². The summed E-state index contributed by atoms with van der Waals surface area (Å²) < 4.78 is 0. The standard InChI is InChI=1S/C16H27NO4/c1-10(2)16(6)9-12(18)17(14(16)21)11(7-13(19)20)8-15(3,4)5/h10-11H,7-9H2,1-6H3,(H,19,20). The highest BCUT2D eigenvalue weighted by Gasteiger charge is 2.52. The fraction of sp³-hybridized carbons (Fsp3) is 0.812. The zero-order valence-electron chi connectivity index (χ0n) is 13.9. The summed E-state index contributed by atoms with van der Waals surface area (Å²) in [5, 5.41) is 9.10. The van der Waals surface area contributed by atoms with Crippen LogP contribution in [0, 0.1) is 16.7 Å². The second-order valence-electron chi connectivity index (χ2n) is 7.83. The van der Waals surface area contributed by atoms with E-state index in [1.807, 2.05) is 34.6 Å². The lowest BCUT2D eigenvalue weighted by molar-refractivity contribution is -0.147. The van der Waals surface area contributed by atoms with Gasteiger partial charge in [-0.1, -0.05) is 34.6 Å². The van der Waals surface area contributed by atoms with E-state index in [0.29, 0.717) is 6.42 Å². The fourth-order valence-electron chi connectivity index (χ4n) is 2.85. The minimum absolute atomic E-state index is 0.0408. The van der Waals surface area contributed by atoms with Crippen molar-refractivity contribution in [1.29, 1.82) is 0 Å². The van der Waals surface area contributed by atoms with E-state index in [0.717, 1.165) is 0 Å². The van der Waals surface area contributed by atoms with Crippen LogP contribution in [0.1, 0.15) is 60.8 Å². The Morgan fingerprint density at radius 2 is 1.86 bits per heavy atom. The van der Waals surface area contributed by atoms with Crippen LogP contribution in [0.4, 0.5) is 0 Å². The molecule has 1 rings (SSSR count). The van der Waals surface area contributed by atoms with Gasteiger partial charge in [-0.25, -0.2) is 0 Å². The van der Waals surface area contributed by atoms with E-state index in [4.69, 9.17) is 5.11 Å². The molecule has 1 saturated heterocycles. The second-order valence-corrected chi connectivity index (χ2v) is 7.83. The average Bonchev–Trinajstić information content (AvgIpc) is 2.47. The quantitative estimate of drug-likeness (QED) is 0.792. The Morgan fingerprint density at radius 3 is 2.19 bits per heavy atom. The van der Waals surface area contributed by atoms with Gasteiger partial charge in [0.25, 0.3) is 0 Å². The number of imide groups is 1. The number of carbonyl (C=O) groups is 3. The molecule has 2 unspecified atom stereocenters. The molecule has 1 aliphatic heterocycles. The van der Waals surface area contributed by atoms with Gasteiger partial charge in [-0.15, -0.1) is 0 Å². The van der Waals surface area contributed by atoms with E-state index in [-0.39, 0.29) is 36.0 Å². The van der Waals surface area contributed by atoms with Crippen molar-refractivity contribution in [1.82, 2.24) is 4.90 Å². The third-order valence-electron chi connectivity index (χ3n) is 4.39. The molecule has 0 aromatic rings. The molecule has 0 bridgehead atoms. The van der Waals surface area contributed by atoms with E-state index in [1.165, 1.54) is 4.90 Å². The summed E-state index contributed by atoms with van der Waals surface area (Å²) in [7, 11) is 0. The molecular weight excluding hydrogens is 270 g/mol. The molecule has 0 aromatic heterocycles. The molecule has 1 fully saturated rings. The molecule has 0 aromatic carbocycles. The molecule has 2 atom stereocenters. The number of amides is 2. The first-order valence-corrected chi connectivity index (χ1v) is 7.47. The van der Waals surface area contributed by atoms with Crippen LogP contribution >= 0.6 is 0 Å². The first-order chi connectivity index (χ1) is 9.38. The summed E-state index contributed by atoms with van der Waals surface area (Å²) in [6.07, 6.45) is 0.470. The Balaban J connectivity index is 3.10. The first kappa shape index (κ1) is 17.7. The predicted octanol–water partition coefficient (Wildman–Crippen LogP) is 2.69. The number of rotatable bonds is 5. The number of carboxylic acid groups (broad SMARTS) is 1. The molecule has 1 heterocycles. The van der Waals surface area contributed by atoms with Gasteiger partial charge in [-0.05, 0) is 24.7 Å². The molecule has 2 amide bonds. The highest BCUT2D eigenvalue weighted by molar-refractivity contribution is 6.06. The van der Waals surface area contributed by atoms with Gasteiger partial charge in [0.1, 0.15) is 0 Å². The van der Waals surface area contributed by atoms with Gasteiger partial charge in [0.2, 0.25) is 11.8 Å². The van der Waals surface area contributed by atoms with E-state index < -0.39 is 17.4 Å². The molecule has 0 radical (unpaired) electrons. The number of aliphatic carboxylic acids is 1. The molecule has 0 aliphatic carbocycles. The van der Waals surface area contributed by atoms with Crippen LogP contribution in [0.2, 0.25) is 0 Å². The summed E-state index contributed by atoms with van der Waals surface area (Å²) in [6, 6.07) is -0.567. The molecular formula is C16H27NO4. The van der Waals surface area contributed by atoms with Gasteiger partial charge < -0.3 is 5.11 Å². The SMILES string of the molecule is CC(C)C1(C)CC(=O)N(C(CC(=O)O)CC(C)(C)C)C1=O. The van der Waals surface area contributed by atoms with E-state index in [1.54, 1.807) is 6.92 Å². The van der Waals surface area contributed by atoms with Gasteiger partial charge in [0.05, 0.1) is 17.9 Å². The molecule has 21 heavy (non-hydrogen) atoms. The van der Waals surface area contributed by atoms with Gasteiger partial charge in [0, 0.05) is 6.42 Å². The van der Waals surface area contributed by atoms with Crippen molar-refractivity contribution in [3.63, 3.8) is 0 Å². The summed E-state index contributed by atoms with van der Waals surface area (Å²) in [6.45, 7) is 11.6. The van der Waals surface area contributed by atoms with Crippen molar-refractivity contribution in [2.24, 2.45) is 16.7 Å². The van der Waals surface area contributed by atoms with Gasteiger partial charge >= 0.3 is 5.97 Å². The van der Waals surface area contributed by atoms with Crippen LogP contribution in [0.25, 0.3) is 0 Å². The summed E-state index contributed by atoms with van der Waals surface area (Å²) in [5.74, 6) is -1.41. The van der Waals surface area contributed by atoms with Crippen molar-refractivity contribution in [2.45, 2.75) is 66.8 Å². The smallest absolute Gasteiger partial charge is 0.305 e. The molecule has 0 saturated carbocycles. The van der Waals surface area contributed by atoms with Gasteiger partial charge in [-0.2, -0.15) is 0 Å². The topological polar surface area (TPSA) is 74.7 Å². The summed E-state index contributed by atoms with van der Waals surface area (Å²) >= 11 is 0. The minimum atomic E-state index is -0.983. The number of carbonyl (C=O) groups excluding carboxylic acids is 2. The van der Waals surface area contributed by atoms with E-state index in [2.05, 4.69) is 0 Å². The number of nitrogens with zero attached hydrogens (tertiary/aromatic N) is 1. The maximum atomic E-state index is 12.7. The number of likely N-dealkylation sites (tertiary alicyclic amines) is 1. The molecule has 1 N–H and O–H groups in total. The zero-order chi connectivity index (χ0) is 16.6. The molecule has 5 heteroatoms. The molecule has 120 valence electrons. The number of hydrogen-bond donors (Lipinski definition) is 1. The number of hydrogen-bond acceptors (Lipinski definition) is 3. The monoisotopic (exact) mass is 297 g/mol. The largest absolute Gasteiger partial charge is 0.481 e. The maximum Gasteiger partial charge on any atom is 0.305 e. The van der Waals surface area contributed by atoms with Crippen LogP contribution in [-0.4, -0.2) is 33.8 Å². The normalized spacial score (nSPS) is 24.8. The Bertz CT molecular complexity index is 450. The fourth-order valence-corrected chi connectivity index (χ4v) is 2.85. The van der Waals surface area contributed by atoms with Crippen molar-refractivity contribution in [3.05, 3.63) is 0 Å². The zero-order valence-corrected chi connectivity index (χ0v) is 13.9. The van der Waals surface area contributed by atoms with Crippen molar-refractivity contribution < 1.29 is 19.5 Å². The third kappa shape index (κ3) is 3.83. The van der Waals surface area contributed by atoms with E-state index >= 15 is 0 Å². The molecule has 1 aliphatic rings. The van der Waals surface area contributed by atoms with Crippen molar-refractivity contribution in [2.75, 3.05) is 0 Å². The van der Waals surface area contributed by atoms with E-state index in [9.17, 15) is 14.4 Å². The van der Waals surface area contributed by atoms with Crippen molar-refractivity contribution >= 4 is 17.8 Å². The van der Waals surface area contributed by atoms with Crippen LogP contribution in [0.15, 0.2) is 0 Å². The Kier molecular flexibility index (Phi) is 4.86. The minimum Gasteiger partial charge on any atom is -0.481 e. The maximum absolute atomic E-state index is 12.7. The highest BCUT2D eigenvalue weighted by Crippen LogP contribution is 2.41. The number of carboxylic acids is 1. The summed E-state index contributed by atoms with van der Waals surface area (Å²) in [4.78, 5) is 37.4. The van der Waals surface area contributed by atoms with Crippen LogP contribution in [0.5, 0.6) is 0 Å². The lowest BCUT2D eigenvalue weighted by Gasteiger charge is -2.33. The van der Waals surface area contributed by atoms with Crippen LogP contribution in [-0.2, 0) is 14.4 Å². The Labute approximate surface area is 126 Å². The summed E-state index contributed by atoms with van der Waals surface area (Å²) in [5.41, 5.74) is -0.872. The lowest BCUT2D eigenvalue weighted by atomic mass is 9.77. The van der Waals surface area contributed by atoms with Crippen LogP contribution in [0.3, 0.4) is 0 Å². The van der Waals surface area contributed by atoms with Crippen molar-refractivity contribution in [3.8, 4) is 0 Å². The average molecular weight is 297 g/mol. The molecule has 5 nitrogen and oxygen atoms in total. The second kappa shape index (κ2) is 5.78. The Hall–Kier alpha value is -1.39.